The molecule has 142 valence electrons. The highest BCUT2D eigenvalue weighted by atomic mass is 32.2. The van der Waals surface area contributed by atoms with E-state index in [0.717, 1.165) is 59.9 Å². The van der Waals surface area contributed by atoms with Gasteiger partial charge < -0.3 is 9.64 Å². The van der Waals surface area contributed by atoms with Crippen LogP contribution >= 0.6 is 11.3 Å². The van der Waals surface area contributed by atoms with Crippen LogP contribution in [0.4, 0.5) is 5.13 Å². The van der Waals surface area contributed by atoms with E-state index in [0.29, 0.717) is 0 Å². The van der Waals surface area contributed by atoms with Gasteiger partial charge in [0.25, 0.3) is 0 Å². The summed E-state index contributed by atoms with van der Waals surface area (Å²) in [5, 5.41) is 0.865. The van der Waals surface area contributed by atoms with Crippen molar-refractivity contribution in [1.82, 2.24) is 9.29 Å². The molecular weight excluding hydrogens is 370 g/mol. The predicted molar refractivity (Wildman–Crippen MR) is 106 cm³/mol. The summed E-state index contributed by atoms with van der Waals surface area (Å²) in [6.07, 6.45) is 3.32. The maximum Gasteiger partial charge on any atom is 0.216 e. The number of aryl methyl sites for hydroxylation is 1. The summed E-state index contributed by atoms with van der Waals surface area (Å²) in [6.45, 7) is 3.75. The highest BCUT2D eigenvalue weighted by molar-refractivity contribution is 7.90. The topological polar surface area (TPSA) is 62.7 Å². The molecule has 1 saturated heterocycles. The van der Waals surface area contributed by atoms with Crippen LogP contribution < -0.4 is 9.64 Å². The normalized spacial score (nSPS) is 19.5. The van der Waals surface area contributed by atoms with Crippen molar-refractivity contribution in [2.75, 3.05) is 32.1 Å². The number of sulfonamides is 1. The van der Waals surface area contributed by atoms with Crippen molar-refractivity contribution >= 4 is 36.7 Å². The third kappa shape index (κ3) is 3.08. The van der Waals surface area contributed by atoms with Gasteiger partial charge in [0, 0.05) is 26.2 Å². The molecule has 1 aliphatic carbocycles. The Morgan fingerprint density at radius 2 is 1.92 bits per heavy atom. The molecule has 2 aromatic rings. The Bertz CT molecular complexity index is 913. The van der Waals surface area contributed by atoms with E-state index < -0.39 is 10.0 Å². The van der Waals surface area contributed by atoms with Gasteiger partial charge in [-0.2, -0.15) is 0 Å². The highest BCUT2D eigenvalue weighted by Crippen LogP contribution is 2.38. The minimum absolute atomic E-state index is 0.0995. The monoisotopic (exact) mass is 395 g/mol. The predicted octanol–water partition coefficient (Wildman–Crippen LogP) is 3.01. The molecule has 1 aliphatic heterocycles. The van der Waals surface area contributed by atoms with E-state index in [2.05, 4.69) is 17.9 Å². The van der Waals surface area contributed by atoms with Gasteiger partial charge in [-0.25, -0.2) is 17.7 Å². The van der Waals surface area contributed by atoms with Crippen molar-refractivity contribution in [2.45, 2.75) is 43.9 Å². The van der Waals surface area contributed by atoms with Gasteiger partial charge in [-0.15, -0.1) is 0 Å². The molecule has 2 fully saturated rings. The number of piperidine rings is 1. The van der Waals surface area contributed by atoms with E-state index in [9.17, 15) is 8.42 Å². The Morgan fingerprint density at radius 1 is 1.23 bits per heavy atom. The molecule has 8 heteroatoms. The van der Waals surface area contributed by atoms with Crippen LogP contribution in [0.5, 0.6) is 5.75 Å². The Kier molecular flexibility index (Phi) is 4.61. The molecule has 1 aromatic carbocycles. The number of anilines is 1. The molecule has 0 bridgehead atoms. The maximum absolute atomic E-state index is 12.5. The van der Waals surface area contributed by atoms with Crippen LogP contribution in [0.25, 0.3) is 10.2 Å². The van der Waals surface area contributed by atoms with Gasteiger partial charge in [-0.1, -0.05) is 17.4 Å². The fourth-order valence-electron chi connectivity index (χ4n) is 3.63. The lowest BCUT2D eigenvalue weighted by Gasteiger charge is -2.36. The second kappa shape index (κ2) is 6.65. The van der Waals surface area contributed by atoms with Crippen molar-refractivity contribution in [3.05, 3.63) is 17.7 Å². The first-order valence-corrected chi connectivity index (χ1v) is 11.4. The first-order chi connectivity index (χ1) is 12.4. The summed E-state index contributed by atoms with van der Waals surface area (Å²) >= 11 is 1.69. The zero-order valence-corrected chi connectivity index (χ0v) is 17.1. The Balaban J connectivity index is 1.50. The second-order valence-electron chi connectivity index (χ2n) is 7.24. The zero-order valence-electron chi connectivity index (χ0n) is 15.4. The van der Waals surface area contributed by atoms with Crippen molar-refractivity contribution in [3.63, 3.8) is 0 Å². The van der Waals surface area contributed by atoms with Crippen LogP contribution in [0, 0.1) is 6.92 Å². The number of benzene rings is 1. The molecule has 0 spiro atoms. The Hall–Kier alpha value is -1.38. The number of nitrogens with zero attached hydrogens (tertiary/aromatic N) is 3. The van der Waals surface area contributed by atoms with Gasteiger partial charge in [0.05, 0.1) is 17.1 Å². The highest BCUT2D eigenvalue weighted by Gasteiger charge is 2.41. The lowest BCUT2D eigenvalue weighted by Crippen LogP contribution is -2.46. The van der Waals surface area contributed by atoms with Gasteiger partial charge in [-0.05, 0) is 44.2 Å². The van der Waals surface area contributed by atoms with E-state index in [1.165, 1.54) is 5.56 Å². The molecule has 0 amide bonds. The number of fused-ring (bicyclic) bond motifs is 1. The van der Waals surface area contributed by atoms with Crippen molar-refractivity contribution < 1.29 is 13.2 Å². The van der Waals surface area contributed by atoms with Gasteiger partial charge >= 0.3 is 0 Å². The maximum atomic E-state index is 12.5. The molecule has 0 N–H and O–H groups in total. The molecular formula is C18H25N3O3S2. The largest absolute Gasteiger partial charge is 0.494 e. The smallest absolute Gasteiger partial charge is 0.216 e. The lowest BCUT2D eigenvalue weighted by atomic mass is 10.1. The third-order valence-electron chi connectivity index (χ3n) is 5.51. The number of methoxy groups -OCH3 is 1. The molecule has 0 atom stereocenters. The van der Waals surface area contributed by atoms with Gasteiger partial charge in [0.1, 0.15) is 11.3 Å². The molecule has 4 rings (SSSR count). The first kappa shape index (κ1) is 18.0. The quantitative estimate of drug-likeness (QED) is 0.779. The van der Waals surface area contributed by atoms with E-state index in [1.54, 1.807) is 29.8 Å². The number of aromatic nitrogens is 1. The number of rotatable bonds is 5. The second-order valence-corrected chi connectivity index (χ2v) is 10.5. The molecule has 2 aliphatic rings. The van der Waals surface area contributed by atoms with Crippen LogP contribution in [-0.2, 0) is 10.0 Å². The van der Waals surface area contributed by atoms with Crippen LogP contribution in [0.2, 0.25) is 0 Å². The molecule has 26 heavy (non-hydrogen) atoms. The van der Waals surface area contributed by atoms with Gasteiger partial charge in [0.15, 0.2) is 5.13 Å². The average molecular weight is 396 g/mol. The number of ether oxygens (including phenoxy) is 1. The summed E-state index contributed by atoms with van der Waals surface area (Å²) in [5.41, 5.74) is 2.12. The molecule has 0 unspecified atom stereocenters. The van der Waals surface area contributed by atoms with Crippen LogP contribution in [-0.4, -0.2) is 56.2 Å². The molecule has 1 aromatic heterocycles. The molecule has 6 nitrogen and oxygen atoms in total. The summed E-state index contributed by atoms with van der Waals surface area (Å²) in [7, 11) is 0.324. The fourth-order valence-corrected chi connectivity index (χ4v) is 6.56. The number of thiazole rings is 1. The van der Waals surface area contributed by atoms with Crippen molar-refractivity contribution in [3.8, 4) is 5.75 Å². The first-order valence-electron chi connectivity index (χ1n) is 9.07. The zero-order chi connectivity index (χ0) is 18.5. The Morgan fingerprint density at radius 3 is 2.54 bits per heavy atom. The fraction of sp³-hybridized carbons (Fsp3) is 0.611. The van der Waals surface area contributed by atoms with Crippen LogP contribution in [0.3, 0.4) is 0 Å². The molecule has 0 radical (unpaired) electrons. The Labute approximate surface area is 158 Å². The molecule has 1 saturated carbocycles. The summed E-state index contributed by atoms with van der Waals surface area (Å²) in [5.74, 6) is 0.804. The van der Waals surface area contributed by atoms with E-state index in [1.807, 2.05) is 6.07 Å². The van der Waals surface area contributed by atoms with Crippen molar-refractivity contribution in [2.24, 2.45) is 0 Å². The summed E-state index contributed by atoms with van der Waals surface area (Å²) in [6, 6.07) is 4.13. The van der Waals surface area contributed by atoms with E-state index in [-0.39, 0.29) is 11.3 Å². The average Bonchev–Trinajstić information content (AvgIpc) is 3.41. The van der Waals surface area contributed by atoms with E-state index >= 15 is 0 Å². The standard InChI is InChI=1S/C18H25N3O3S2/c1-12-4-7-15(24-3)16-17(12)25-18(19-16)21-10-8-13(9-11-21)20(2)26(22,23)14-5-6-14/h4,7,13-14H,5-6,8-11H2,1-3H3. The lowest BCUT2D eigenvalue weighted by molar-refractivity contribution is 0.311. The molecule has 2 heterocycles. The van der Waals surface area contributed by atoms with Gasteiger partial charge in [-0.3, -0.25) is 0 Å². The summed E-state index contributed by atoms with van der Waals surface area (Å²) < 4.78 is 33.2. The minimum atomic E-state index is -3.10. The third-order valence-corrected chi connectivity index (χ3v) is 9.17. The van der Waals surface area contributed by atoms with Crippen LogP contribution in [0.15, 0.2) is 12.1 Å². The number of hydrogen-bond donors (Lipinski definition) is 0. The SMILES string of the molecule is COc1ccc(C)c2sc(N3CCC(N(C)S(=O)(=O)C4CC4)CC3)nc12. The minimum Gasteiger partial charge on any atom is -0.494 e. The van der Waals surface area contributed by atoms with Gasteiger partial charge in [0.2, 0.25) is 10.0 Å². The van der Waals surface area contributed by atoms with Crippen molar-refractivity contribution in [1.29, 1.82) is 0 Å². The van der Waals surface area contributed by atoms with Crippen LogP contribution in [0.1, 0.15) is 31.2 Å². The van der Waals surface area contributed by atoms with E-state index in [4.69, 9.17) is 9.72 Å². The summed E-state index contributed by atoms with van der Waals surface area (Å²) in [4.78, 5) is 7.09. The number of hydrogen-bond acceptors (Lipinski definition) is 6.